The molecule has 1 aliphatic carbocycles. The maximum absolute atomic E-state index is 4.03. The predicted octanol–water partition coefficient (Wildman–Crippen LogP) is 3.17. The molecule has 0 amide bonds. The maximum Gasteiger partial charge on any atom is 0.0746 e. The molecular weight excluding hydrogens is 190 g/mol. The van der Waals surface area contributed by atoms with Gasteiger partial charge in [-0.15, -0.1) is 11.8 Å². The van der Waals surface area contributed by atoms with Gasteiger partial charge in [-0.05, 0) is 25.7 Å². The van der Waals surface area contributed by atoms with Gasteiger partial charge in [-0.2, -0.15) is 0 Å². The first-order chi connectivity index (χ1) is 6.77. The number of hydrogen-bond acceptors (Lipinski definition) is 2. The lowest BCUT2D eigenvalue weighted by atomic mass is 9.84. The van der Waals surface area contributed by atoms with E-state index in [1.54, 1.807) is 0 Å². The van der Waals surface area contributed by atoms with Gasteiger partial charge < -0.3 is 0 Å². The van der Waals surface area contributed by atoms with Crippen molar-refractivity contribution in [3.63, 3.8) is 0 Å². The molecule has 1 saturated carbocycles. The van der Waals surface area contributed by atoms with Crippen LogP contribution in [-0.4, -0.2) is 17.2 Å². The second kappa shape index (κ2) is 4.71. The second-order valence-electron chi connectivity index (χ2n) is 4.73. The number of nitrogens with one attached hydrogen (secondary N) is 1. The SMILES string of the molecule is C=C(C)C1NC(C2CCCCC2)CS1. The van der Waals surface area contributed by atoms with Gasteiger partial charge in [0.25, 0.3) is 0 Å². The Hall–Kier alpha value is 0.0500. The predicted molar refractivity (Wildman–Crippen MR) is 64.6 cm³/mol. The summed E-state index contributed by atoms with van der Waals surface area (Å²) in [4.78, 5) is 0. The highest BCUT2D eigenvalue weighted by atomic mass is 32.2. The van der Waals surface area contributed by atoms with Crippen LogP contribution in [0.5, 0.6) is 0 Å². The highest BCUT2D eigenvalue weighted by molar-refractivity contribution is 8.00. The summed E-state index contributed by atoms with van der Waals surface area (Å²) in [5, 5.41) is 4.25. The van der Waals surface area contributed by atoms with Crippen molar-refractivity contribution < 1.29 is 0 Å². The van der Waals surface area contributed by atoms with E-state index in [1.165, 1.54) is 43.4 Å². The molecule has 80 valence electrons. The van der Waals surface area contributed by atoms with Gasteiger partial charge in [-0.25, -0.2) is 0 Å². The Morgan fingerprint density at radius 3 is 2.57 bits per heavy atom. The van der Waals surface area contributed by atoms with Crippen molar-refractivity contribution in [3.8, 4) is 0 Å². The van der Waals surface area contributed by atoms with E-state index < -0.39 is 0 Å². The Labute approximate surface area is 91.7 Å². The zero-order valence-corrected chi connectivity index (χ0v) is 9.91. The van der Waals surface area contributed by atoms with E-state index in [2.05, 4.69) is 18.8 Å². The Bertz CT molecular complexity index is 208. The van der Waals surface area contributed by atoms with Gasteiger partial charge in [-0.3, -0.25) is 5.32 Å². The van der Waals surface area contributed by atoms with Crippen molar-refractivity contribution in [2.24, 2.45) is 5.92 Å². The van der Waals surface area contributed by atoms with Crippen molar-refractivity contribution in [2.45, 2.75) is 50.4 Å². The summed E-state index contributed by atoms with van der Waals surface area (Å²) in [5.41, 5.74) is 1.29. The highest BCUT2D eigenvalue weighted by Crippen LogP contribution is 2.33. The van der Waals surface area contributed by atoms with E-state index in [4.69, 9.17) is 0 Å². The molecule has 14 heavy (non-hydrogen) atoms. The fraction of sp³-hybridized carbons (Fsp3) is 0.833. The number of hydrogen-bond donors (Lipinski definition) is 1. The van der Waals surface area contributed by atoms with Crippen molar-refractivity contribution in [3.05, 3.63) is 12.2 Å². The summed E-state index contributed by atoms with van der Waals surface area (Å²) in [6.07, 6.45) is 7.25. The molecule has 1 heterocycles. The van der Waals surface area contributed by atoms with E-state index in [9.17, 15) is 0 Å². The quantitative estimate of drug-likeness (QED) is 0.704. The maximum atomic E-state index is 4.03. The largest absolute Gasteiger partial charge is 0.298 e. The van der Waals surface area contributed by atoms with Crippen LogP contribution in [0.1, 0.15) is 39.0 Å². The van der Waals surface area contributed by atoms with Crippen molar-refractivity contribution in [1.29, 1.82) is 0 Å². The average molecular weight is 211 g/mol. The van der Waals surface area contributed by atoms with E-state index >= 15 is 0 Å². The van der Waals surface area contributed by atoms with Crippen LogP contribution in [0.25, 0.3) is 0 Å². The molecular formula is C12H21NS. The van der Waals surface area contributed by atoms with Gasteiger partial charge in [0, 0.05) is 11.8 Å². The minimum absolute atomic E-state index is 0.530. The summed E-state index contributed by atoms with van der Waals surface area (Å²) in [6, 6.07) is 0.766. The first-order valence-corrected chi connectivity index (χ1v) is 6.85. The molecule has 2 unspecified atom stereocenters. The monoisotopic (exact) mass is 211 g/mol. The number of thioether (sulfide) groups is 1. The average Bonchev–Trinajstić information content (AvgIpc) is 2.68. The van der Waals surface area contributed by atoms with Crippen LogP contribution in [0.3, 0.4) is 0 Å². The summed E-state index contributed by atoms with van der Waals surface area (Å²) >= 11 is 2.04. The molecule has 0 bridgehead atoms. The van der Waals surface area contributed by atoms with Crippen molar-refractivity contribution in [1.82, 2.24) is 5.32 Å². The van der Waals surface area contributed by atoms with Crippen LogP contribution >= 0.6 is 11.8 Å². The summed E-state index contributed by atoms with van der Waals surface area (Å²) in [6.45, 7) is 6.17. The van der Waals surface area contributed by atoms with Crippen LogP contribution in [0.4, 0.5) is 0 Å². The molecule has 1 N–H and O–H groups in total. The molecule has 1 saturated heterocycles. The van der Waals surface area contributed by atoms with Gasteiger partial charge in [0.05, 0.1) is 5.37 Å². The van der Waals surface area contributed by atoms with Crippen molar-refractivity contribution in [2.75, 3.05) is 5.75 Å². The first kappa shape index (κ1) is 10.6. The van der Waals surface area contributed by atoms with Crippen LogP contribution in [0.15, 0.2) is 12.2 Å². The lowest BCUT2D eigenvalue weighted by Crippen LogP contribution is -2.37. The van der Waals surface area contributed by atoms with E-state index in [0.717, 1.165) is 12.0 Å². The zero-order valence-electron chi connectivity index (χ0n) is 9.09. The lowest BCUT2D eigenvalue weighted by Gasteiger charge is -2.27. The molecule has 0 aromatic carbocycles. The van der Waals surface area contributed by atoms with E-state index in [1.807, 2.05) is 11.8 Å². The van der Waals surface area contributed by atoms with Gasteiger partial charge >= 0.3 is 0 Å². The third-order valence-corrected chi connectivity index (χ3v) is 4.90. The molecule has 2 atom stereocenters. The molecule has 2 rings (SSSR count). The molecule has 0 spiro atoms. The Balaban J connectivity index is 1.85. The molecule has 0 aromatic rings. The van der Waals surface area contributed by atoms with Crippen LogP contribution < -0.4 is 5.32 Å². The first-order valence-electron chi connectivity index (χ1n) is 5.80. The summed E-state index contributed by atoms with van der Waals surface area (Å²) in [5.74, 6) is 2.24. The molecule has 0 aromatic heterocycles. The van der Waals surface area contributed by atoms with Gasteiger partial charge in [0.1, 0.15) is 0 Å². The topological polar surface area (TPSA) is 12.0 Å². The Kier molecular flexibility index (Phi) is 3.56. The van der Waals surface area contributed by atoms with E-state index in [-0.39, 0.29) is 0 Å². The fourth-order valence-electron chi connectivity index (χ4n) is 2.58. The third kappa shape index (κ3) is 2.34. The Morgan fingerprint density at radius 2 is 2.00 bits per heavy atom. The van der Waals surface area contributed by atoms with Crippen LogP contribution in [0.2, 0.25) is 0 Å². The minimum Gasteiger partial charge on any atom is -0.298 e. The second-order valence-corrected chi connectivity index (χ2v) is 5.87. The van der Waals surface area contributed by atoms with Crippen molar-refractivity contribution >= 4 is 11.8 Å². The Morgan fingerprint density at radius 1 is 1.29 bits per heavy atom. The van der Waals surface area contributed by atoms with Crippen LogP contribution in [0, 0.1) is 5.92 Å². The standard InChI is InChI=1S/C12H21NS/c1-9(2)12-13-11(8-14-12)10-6-4-3-5-7-10/h10-13H,1,3-8H2,2H3. The smallest absolute Gasteiger partial charge is 0.0746 e. The van der Waals surface area contributed by atoms with Gasteiger partial charge in [0.2, 0.25) is 0 Å². The van der Waals surface area contributed by atoms with Crippen LogP contribution in [-0.2, 0) is 0 Å². The van der Waals surface area contributed by atoms with Gasteiger partial charge in [-0.1, -0.05) is 31.4 Å². The molecule has 1 nitrogen and oxygen atoms in total. The normalized spacial score (nSPS) is 34.6. The van der Waals surface area contributed by atoms with Gasteiger partial charge in [0.15, 0.2) is 0 Å². The fourth-order valence-corrected chi connectivity index (χ4v) is 3.91. The van der Waals surface area contributed by atoms with E-state index in [0.29, 0.717) is 5.37 Å². The molecule has 1 aliphatic heterocycles. The molecule has 2 aliphatic rings. The molecule has 2 heteroatoms. The highest BCUT2D eigenvalue weighted by Gasteiger charge is 2.31. The summed E-state index contributed by atoms with van der Waals surface area (Å²) in [7, 11) is 0. The molecule has 0 radical (unpaired) electrons. The summed E-state index contributed by atoms with van der Waals surface area (Å²) < 4.78 is 0. The lowest BCUT2D eigenvalue weighted by molar-refractivity contribution is 0.292. The third-order valence-electron chi connectivity index (χ3n) is 3.47. The molecule has 2 fully saturated rings. The zero-order chi connectivity index (χ0) is 9.97. The minimum atomic E-state index is 0.530. The number of rotatable bonds is 2.